The summed E-state index contributed by atoms with van der Waals surface area (Å²) in [6.07, 6.45) is -5.32. The Morgan fingerprint density at radius 3 is 2.56 bits per heavy atom. The van der Waals surface area contributed by atoms with Crippen molar-refractivity contribution in [1.82, 2.24) is 4.90 Å². The summed E-state index contributed by atoms with van der Waals surface area (Å²) >= 11 is 0. The molecule has 5 nitrogen and oxygen atoms in total. The predicted octanol–water partition coefficient (Wildman–Crippen LogP) is 0.589. The number of carbonyl (C=O) groups is 2. The molecule has 1 aliphatic heterocycles. The lowest BCUT2D eigenvalue weighted by atomic mass is 10.0. The molecule has 18 heavy (non-hydrogen) atoms. The molecule has 1 aliphatic rings. The normalized spacial score (nSPS) is 26.9. The number of rotatable bonds is 2. The number of carbonyl (C=O) groups excluding carboxylic acids is 2. The molecule has 1 fully saturated rings. The second-order valence-corrected chi connectivity index (χ2v) is 3.79. The van der Waals surface area contributed by atoms with Crippen LogP contribution in [-0.4, -0.2) is 47.3 Å². The molecule has 8 heteroatoms. The summed E-state index contributed by atoms with van der Waals surface area (Å²) in [6, 6.07) is 0. The van der Waals surface area contributed by atoms with Crippen LogP contribution in [0.2, 0.25) is 0 Å². The summed E-state index contributed by atoms with van der Waals surface area (Å²) in [4.78, 5) is 23.1. The second-order valence-electron chi connectivity index (χ2n) is 3.79. The van der Waals surface area contributed by atoms with Gasteiger partial charge in [-0.25, -0.2) is 4.79 Å². The standard InChI is InChI=1S/C10H12F3NO4/c1-3-18-7(15)4-6-5-9(17,10(11,12)13)8(16)14(6)2/h4,17H,3,5H2,1-2H3/b6-4+. The van der Waals surface area contributed by atoms with E-state index in [-0.39, 0.29) is 12.3 Å². The van der Waals surface area contributed by atoms with Crippen molar-refractivity contribution in [2.24, 2.45) is 0 Å². The zero-order valence-corrected chi connectivity index (χ0v) is 9.74. The van der Waals surface area contributed by atoms with Gasteiger partial charge in [-0.1, -0.05) is 0 Å². The largest absolute Gasteiger partial charge is 0.463 e. The van der Waals surface area contributed by atoms with Crippen LogP contribution in [0.5, 0.6) is 0 Å². The van der Waals surface area contributed by atoms with Crippen molar-refractivity contribution in [1.29, 1.82) is 0 Å². The van der Waals surface area contributed by atoms with E-state index in [1.54, 1.807) is 0 Å². The maximum absolute atomic E-state index is 12.6. The first-order valence-electron chi connectivity index (χ1n) is 5.08. The molecule has 1 atom stereocenters. The van der Waals surface area contributed by atoms with Gasteiger partial charge in [0.1, 0.15) is 0 Å². The fraction of sp³-hybridized carbons (Fsp3) is 0.600. The SMILES string of the molecule is CCOC(=O)/C=C1\CC(O)(C(F)(F)F)C(=O)N1C. The van der Waals surface area contributed by atoms with Crippen molar-refractivity contribution in [2.45, 2.75) is 25.1 Å². The van der Waals surface area contributed by atoms with E-state index in [1.165, 1.54) is 6.92 Å². The lowest BCUT2D eigenvalue weighted by molar-refractivity contribution is -0.247. The molecule has 0 aliphatic carbocycles. The highest BCUT2D eigenvalue weighted by molar-refractivity contribution is 5.93. The fourth-order valence-electron chi connectivity index (χ4n) is 1.55. The number of hydrogen-bond acceptors (Lipinski definition) is 4. The summed E-state index contributed by atoms with van der Waals surface area (Å²) in [7, 11) is 1.05. The van der Waals surface area contributed by atoms with Crippen LogP contribution < -0.4 is 0 Å². The zero-order valence-electron chi connectivity index (χ0n) is 9.74. The Morgan fingerprint density at radius 2 is 2.17 bits per heavy atom. The Hall–Kier alpha value is -1.57. The van der Waals surface area contributed by atoms with Crippen molar-refractivity contribution in [2.75, 3.05) is 13.7 Å². The molecular formula is C10H12F3NO4. The summed E-state index contributed by atoms with van der Waals surface area (Å²) in [6.45, 7) is 1.59. The molecule has 1 unspecified atom stereocenters. The third-order valence-corrected chi connectivity index (χ3v) is 2.57. The molecule has 0 spiro atoms. The minimum absolute atomic E-state index is 0.0593. The summed E-state index contributed by atoms with van der Waals surface area (Å²) < 4.78 is 42.3. The molecule has 102 valence electrons. The summed E-state index contributed by atoms with van der Waals surface area (Å²) in [5.41, 5.74) is -3.71. The van der Waals surface area contributed by atoms with Crippen LogP contribution in [0.4, 0.5) is 13.2 Å². The highest BCUT2D eigenvalue weighted by atomic mass is 19.4. The van der Waals surface area contributed by atoms with Gasteiger partial charge < -0.3 is 14.7 Å². The molecule has 0 radical (unpaired) electrons. The van der Waals surface area contributed by atoms with Gasteiger partial charge in [0.05, 0.1) is 6.61 Å². The summed E-state index contributed by atoms with van der Waals surface area (Å²) in [5, 5.41) is 9.37. The minimum Gasteiger partial charge on any atom is -0.463 e. The highest BCUT2D eigenvalue weighted by Gasteiger charge is 2.64. The van der Waals surface area contributed by atoms with Gasteiger partial charge in [-0.05, 0) is 6.92 Å². The number of amides is 1. The Labute approximate surface area is 101 Å². The molecule has 0 bridgehead atoms. The van der Waals surface area contributed by atoms with E-state index in [2.05, 4.69) is 4.74 Å². The molecule has 0 saturated carbocycles. The molecular weight excluding hydrogens is 255 g/mol. The second kappa shape index (κ2) is 4.60. The number of likely N-dealkylation sites (tertiary alicyclic amines) is 1. The quantitative estimate of drug-likeness (QED) is 0.587. The topological polar surface area (TPSA) is 66.8 Å². The van der Waals surface area contributed by atoms with Crippen LogP contribution >= 0.6 is 0 Å². The van der Waals surface area contributed by atoms with E-state index < -0.39 is 30.1 Å². The first-order valence-corrected chi connectivity index (χ1v) is 5.08. The van der Waals surface area contributed by atoms with Gasteiger partial charge in [0.15, 0.2) is 0 Å². The van der Waals surface area contributed by atoms with Gasteiger partial charge in [0.2, 0.25) is 5.60 Å². The molecule has 1 amide bonds. The van der Waals surface area contributed by atoms with Crippen LogP contribution in [-0.2, 0) is 14.3 Å². The number of nitrogens with zero attached hydrogens (tertiary/aromatic N) is 1. The van der Waals surface area contributed by atoms with Gasteiger partial charge in [-0.15, -0.1) is 0 Å². The number of ether oxygens (including phenoxy) is 1. The van der Waals surface area contributed by atoms with Crippen LogP contribution in [0.15, 0.2) is 11.8 Å². The molecule has 0 aromatic heterocycles. The number of hydrogen-bond donors (Lipinski definition) is 1. The van der Waals surface area contributed by atoms with E-state index in [1.807, 2.05) is 0 Å². The molecule has 1 heterocycles. The van der Waals surface area contributed by atoms with Crippen molar-refractivity contribution in [3.8, 4) is 0 Å². The van der Waals surface area contributed by atoms with E-state index in [0.29, 0.717) is 4.90 Å². The van der Waals surface area contributed by atoms with Crippen molar-refractivity contribution < 1.29 is 32.6 Å². The molecule has 1 rings (SSSR count). The first kappa shape index (κ1) is 14.5. The maximum Gasteiger partial charge on any atom is 0.426 e. The number of aliphatic hydroxyl groups is 1. The van der Waals surface area contributed by atoms with Crippen LogP contribution in [0.25, 0.3) is 0 Å². The molecule has 0 aromatic carbocycles. The van der Waals surface area contributed by atoms with Crippen LogP contribution in [0.3, 0.4) is 0 Å². The predicted molar refractivity (Wildman–Crippen MR) is 53.1 cm³/mol. The minimum atomic E-state index is -5.09. The van der Waals surface area contributed by atoms with Gasteiger partial charge in [0, 0.05) is 25.2 Å². The Kier molecular flexibility index (Phi) is 3.70. The zero-order chi connectivity index (χ0) is 14.1. The van der Waals surface area contributed by atoms with E-state index >= 15 is 0 Å². The smallest absolute Gasteiger partial charge is 0.426 e. The molecule has 1 N–H and O–H groups in total. The van der Waals surface area contributed by atoms with Crippen molar-refractivity contribution in [3.05, 3.63) is 11.8 Å². The highest BCUT2D eigenvalue weighted by Crippen LogP contribution is 2.42. The first-order chi connectivity index (χ1) is 8.13. The maximum atomic E-state index is 12.6. The third kappa shape index (κ3) is 2.33. The number of halogens is 3. The average molecular weight is 267 g/mol. The number of alkyl halides is 3. The molecule has 0 aromatic rings. The Balaban J connectivity index is 3.03. The lowest BCUT2D eigenvalue weighted by Gasteiger charge is -2.22. The Morgan fingerprint density at radius 1 is 1.61 bits per heavy atom. The lowest BCUT2D eigenvalue weighted by Crippen LogP contribution is -2.51. The average Bonchev–Trinajstić information content (AvgIpc) is 2.44. The number of likely N-dealkylation sites (N-methyl/N-ethyl adjacent to an activating group) is 1. The fourth-order valence-corrected chi connectivity index (χ4v) is 1.55. The number of esters is 1. The monoisotopic (exact) mass is 267 g/mol. The Bertz CT molecular complexity index is 404. The molecule has 1 saturated heterocycles. The van der Waals surface area contributed by atoms with Gasteiger partial charge >= 0.3 is 12.1 Å². The van der Waals surface area contributed by atoms with E-state index in [4.69, 9.17) is 0 Å². The van der Waals surface area contributed by atoms with Crippen LogP contribution in [0.1, 0.15) is 13.3 Å². The van der Waals surface area contributed by atoms with E-state index in [0.717, 1.165) is 13.1 Å². The van der Waals surface area contributed by atoms with Crippen LogP contribution in [0, 0.1) is 0 Å². The van der Waals surface area contributed by atoms with E-state index in [9.17, 15) is 27.9 Å². The third-order valence-electron chi connectivity index (χ3n) is 2.57. The van der Waals surface area contributed by atoms with Crippen molar-refractivity contribution >= 4 is 11.9 Å². The van der Waals surface area contributed by atoms with Gasteiger partial charge in [0.25, 0.3) is 5.91 Å². The van der Waals surface area contributed by atoms with Gasteiger partial charge in [-0.2, -0.15) is 13.2 Å². The van der Waals surface area contributed by atoms with Crippen molar-refractivity contribution in [3.63, 3.8) is 0 Å². The summed E-state index contributed by atoms with van der Waals surface area (Å²) in [5.74, 6) is -2.37. The van der Waals surface area contributed by atoms with Gasteiger partial charge in [-0.3, -0.25) is 4.79 Å².